The van der Waals surface area contributed by atoms with E-state index in [4.69, 9.17) is 9.47 Å². The first-order valence-electron chi connectivity index (χ1n) is 5.92. The number of isocyanates is 1. The molecule has 5 nitrogen and oxygen atoms in total. The molecule has 0 aromatic carbocycles. The van der Waals surface area contributed by atoms with Crippen LogP contribution < -0.4 is 9.47 Å². The van der Waals surface area contributed by atoms with Gasteiger partial charge in [-0.3, -0.25) is 0 Å². The minimum atomic E-state index is 0.393. The zero-order valence-electron chi connectivity index (χ0n) is 11.0. The zero-order valence-corrected chi connectivity index (χ0v) is 11.0. The van der Waals surface area contributed by atoms with Crippen LogP contribution >= 0.6 is 0 Å². The van der Waals surface area contributed by atoms with E-state index in [1.165, 1.54) is 19.4 Å². The molecular weight excluding hydrogens is 232 g/mol. The second-order valence-corrected chi connectivity index (χ2v) is 4.29. The third-order valence-corrected chi connectivity index (χ3v) is 2.36. The van der Waals surface area contributed by atoms with E-state index in [2.05, 4.69) is 23.8 Å². The Bertz CT molecular complexity index is 426. The third-order valence-electron chi connectivity index (χ3n) is 2.36. The smallest absolute Gasteiger partial charge is 0.256 e. The first kappa shape index (κ1) is 14.2. The van der Waals surface area contributed by atoms with Crippen molar-refractivity contribution in [2.45, 2.75) is 26.7 Å². The molecule has 0 radical (unpaired) electrons. The van der Waals surface area contributed by atoms with Gasteiger partial charge in [0.25, 0.3) is 5.88 Å². The molecule has 0 spiro atoms. The quantitative estimate of drug-likeness (QED) is 0.424. The average molecular weight is 250 g/mol. The van der Waals surface area contributed by atoms with Crippen molar-refractivity contribution in [1.82, 2.24) is 4.98 Å². The Kier molecular flexibility index (Phi) is 5.88. The van der Waals surface area contributed by atoms with Crippen LogP contribution in [0.15, 0.2) is 17.3 Å². The monoisotopic (exact) mass is 250 g/mol. The number of hydrogen-bond donors (Lipinski definition) is 0. The van der Waals surface area contributed by atoms with E-state index in [0.717, 1.165) is 12.8 Å². The van der Waals surface area contributed by atoms with Gasteiger partial charge in [0.2, 0.25) is 6.08 Å². The van der Waals surface area contributed by atoms with Gasteiger partial charge in [0.15, 0.2) is 5.75 Å². The van der Waals surface area contributed by atoms with Gasteiger partial charge in [0.1, 0.15) is 0 Å². The largest absolute Gasteiger partial charge is 0.488 e. The summed E-state index contributed by atoms with van der Waals surface area (Å²) >= 11 is 0. The fourth-order valence-corrected chi connectivity index (χ4v) is 1.47. The summed E-state index contributed by atoms with van der Waals surface area (Å²) in [6, 6.07) is 1.62. The Hall–Kier alpha value is -1.87. The SMILES string of the molecule is COc1ncc(N=C=O)cc1OCCCC(C)C. The van der Waals surface area contributed by atoms with Gasteiger partial charge in [-0.15, -0.1) is 0 Å². The lowest BCUT2D eigenvalue weighted by molar-refractivity contribution is 0.275. The van der Waals surface area contributed by atoms with Gasteiger partial charge < -0.3 is 9.47 Å². The van der Waals surface area contributed by atoms with Gasteiger partial charge >= 0.3 is 0 Å². The molecule has 1 heterocycles. The normalized spacial score (nSPS) is 10.0. The Morgan fingerprint density at radius 2 is 2.28 bits per heavy atom. The van der Waals surface area contributed by atoms with Crippen molar-refractivity contribution in [2.24, 2.45) is 10.9 Å². The van der Waals surface area contributed by atoms with Crippen LogP contribution in [0.4, 0.5) is 5.69 Å². The minimum Gasteiger partial charge on any atom is -0.488 e. The summed E-state index contributed by atoms with van der Waals surface area (Å²) in [5.41, 5.74) is 0.407. The van der Waals surface area contributed by atoms with E-state index in [9.17, 15) is 4.79 Å². The van der Waals surface area contributed by atoms with Crippen LogP contribution in [0.25, 0.3) is 0 Å². The maximum absolute atomic E-state index is 10.2. The summed E-state index contributed by atoms with van der Waals surface area (Å²) < 4.78 is 10.7. The summed E-state index contributed by atoms with van der Waals surface area (Å²) in [7, 11) is 1.52. The van der Waals surface area contributed by atoms with Crippen molar-refractivity contribution in [1.29, 1.82) is 0 Å². The number of ether oxygens (including phenoxy) is 2. The summed E-state index contributed by atoms with van der Waals surface area (Å²) in [5, 5.41) is 0. The van der Waals surface area contributed by atoms with Crippen molar-refractivity contribution < 1.29 is 14.3 Å². The lowest BCUT2D eigenvalue weighted by Crippen LogP contribution is -2.01. The van der Waals surface area contributed by atoms with Crippen molar-refractivity contribution in [3.05, 3.63) is 12.3 Å². The molecule has 0 aliphatic heterocycles. The number of hydrogen-bond acceptors (Lipinski definition) is 5. The molecule has 1 aromatic heterocycles. The van der Waals surface area contributed by atoms with Gasteiger partial charge in [-0.05, 0) is 18.8 Å². The van der Waals surface area contributed by atoms with E-state index in [1.807, 2.05) is 0 Å². The van der Waals surface area contributed by atoms with E-state index in [1.54, 1.807) is 6.07 Å². The van der Waals surface area contributed by atoms with Gasteiger partial charge in [-0.2, -0.15) is 4.99 Å². The lowest BCUT2D eigenvalue weighted by atomic mass is 10.1. The highest BCUT2D eigenvalue weighted by Gasteiger charge is 2.07. The highest BCUT2D eigenvalue weighted by molar-refractivity contribution is 5.52. The molecule has 1 rings (SSSR count). The lowest BCUT2D eigenvalue weighted by Gasteiger charge is -2.10. The molecule has 0 N–H and O–H groups in total. The van der Waals surface area contributed by atoms with Gasteiger partial charge in [0.05, 0.1) is 25.6 Å². The fourth-order valence-electron chi connectivity index (χ4n) is 1.47. The van der Waals surface area contributed by atoms with Crippen molar-refractivity contribution >= 4 is 11.8 Å². The van der Waals surface area contributed by atoms with E-state index in [0.29, 0.717) is 29.8 Å². The molecule has 18 heavy (non-hydrogen) atoms. The van der Waals surface area contributed by atoms with E-state index in [-0.39, 0.29) is 0 Å². The predicted molar refractivity (Wildman–Crippen MR) is 68.1 cm³/mol. The molecule has 0 atom stereocenters. The summed E-state index contributed by atoms with van der Waals surface area (Å²) in [6.45, 7) is 4.92. The number of aromatic nitrogens is 1. The molecule has 1 aromatic rings. The Morgan fingerprint density at radius 3 is 2.89 bits per heavy atom. The summed E-state index contributed by atoms with van der Waals surface area (Å²) in [6.07, 6.45) is 4.96. The Balaban J connectivity index is 2.66. The molecule has 0 saturated heterocycles. The first-order chi connectivity index (χ1) is 8.67. The number of aliphatic imine (C=N–C) groups is 1. The predicted octanol–water partition coefficient (Wildman–Crippen LogP) is 2.87. The molecule has 98 valence electrons. The standard InChI is InChI=1S/C13H18N2O3/c1-10(2)5-4-6-18-12-7-11(15-9-16)8-14-13(12)17-3/h7-8,10H,4-6H2,1-3H3. The number of nitrogens with zero attached hydrogens (tertiary/aromatic N) is 2. The molecule has 0 aliphatic carbocycles. The van der Waals surface area contributed by atoms with E-state index >= 15 is 0 Å². The maximum Gasteiger partial charge on any atom is 0.256 e. The number of carbonyl (C=O) groups excluding carboxylic acids is 1. The number of rotatable bonds is 7. The second-order valence-electron chi connectivity index (χ2n) is 4.29. The van der Waals surface area contributed by atoms with Crippen LogP contribution in [0.5, 0.6) is 11.6 Å². The van der Waals surface area contributed by atoms with E-state index < -0.39 is 0 Å². The minimum absolute atomic E-state index is 0.393. The second kappa shape index (κ2) is 7.45. The van der Waals surface area contributed by atoms with Gasteiger partial charge in [-0.1, -0.05) is 13.8 Å². The zero-order chi connectivity index (χ0) is 13.4. The Labute approximate surface area is 107 Å². The molecule has 0 unspecified atom stereocenters. The molecule has 5 heteroatoms. The maximum atomic E-state index is 10.2. The van der Waals surface area contributed by atoms with Crippen molar-refractivity contribution in [2.75, 3.05) is 13.7 Å². The topological polar surface area (TPSA) is 60.8 Å². The molecule has 0 bridgehead atoms. The summed E-state index contributed by atoms with van der Waals surface area (Å²) in [5.74, 6) is 1.54. The van der Waals surface area contributed by atoms with Gasteiger partial charge in [0, 0.05) is 6.07 Å². The molecule has 0 amide bonds. The molecule has 0 aliphatic rings. The van der Waals surface area contributed by atoms with Crippen molar-refractivity contribution in [3.8, 4) is 11.6 Å². The summed E-state index contributed by atoms with van der Waals surface area (Å²) in [4.78, 5) is 17.7. The number of methoxy groups -OCH3 is 1. The van der Waals surface area contributed by atoms with Crippen LogP contribution in [-0.2, 0) is 4.79 Å². The molecular formula is C13H18N2O3. The number of pyridine rings is 1. The van der Waals surface area contributed by atoms with Crippen LogP contribution in [0, 0.1) is 5.92 Å². The van der Waals surface area contributed by atoms with Crippen LogP contribution in [-0.4, -0.2) is 24.8 Å². The van der Waals surface area contributed by atoms with Crippen LogP contribution in [0.2, 0.25) is 0 Å². The highest BCUT2D eigenvalue weighted by Crippen LogP contribution is 2.28. The fraction of sp³-hybridized carbons (Fsp3) is 0.538. The third kappa shape index (κ3) is 4.55. The first-order valence-corrected chi connectivity index (χ1v) is 5.92. The molecule has 0 fully saturated rings. The highest BCUT2D eigenvalue weighted by atomic mass is 16.5. The van der Waals surface area contributed by atoms with Gasteiger partial charge in [-0.25, -0.2) is 9.78 Å². The van der Waals surface area contributed by atoms with Crippen LogP contribution in [0.3, 0.4) is 0 Å². The van der Waals surface area contributed by atoms with Crippen LogP contribution in [0.1, 0.15) is 26.7 Å². The Morgan fingerprint density at radius 1 is 1.50 bits per heavy atom. The molecule has 0 saturated carbocycles. The van der Waals surface area contributed by atoms with Crippen molar-refractivity contribution in [3.63, 3.8) is 0 Å². The average Bonchev–Trinajstić information content (AvgIpc) is 2.35.